The minimum Gasteiger partial charge on any atom is -0.506 e. The van der Waals surface area contributed by atoms with Crippen molar-refractivity contribution >= 4 is 23.2 Å². The average molecular weight is 288 g/mol. The second-order valence-electron chi connectivity index (χ2n) is 4.20. The third-order valence-electron chi connectivity index (χ3n) is 2.57. The summed E-state index contributed by atoms with van der Waals surface area (Å²) in [7, 11) is 0. The van der Waals surface area contributed by atoms with Crippen molar-refractivity contribution in [3.63, 3.8) is 0 Å². The zero-order valence-electron chi connectivity index (χ0n) is 11.0. The lowest BCUT2D eigenvalue weighted by Crippen LogP contribution is -2.20. The maximum atomic E-state index is 11.8. The largest absolute Gasteiger partial charge is 0.506 e. The Hall–Kier alpha value is -3.16. The Labute approximate surface area is 119 Å². The first-order valence-electron chi connectivity index (χ1n) is 5.95. The van der Waals surface area contributed by atoms with Gasteiger partial charge >= 0.3 is 6.03 Å². The van der Waals surface area contributed by atoms with E-state index in [2.05, 4.69) is 15.6 Å². The molecule has 2 aromatic rings. The number of benzene rings is 1. The highest BCUT2D eigenvalue weighted by Crippen LogP contribution is 2.27. The van der Waals surface area contributed by atoms with Gasteiger partial charge < -0.3 is 10.4 Å². The van der Waals surface area contributed by atoms with Gasteiger partial charge in [0.15, 0.2) is 0 Å². The molecular formula is C13H12N4O4. The number of nitrogens with one attached hydrogen (secondary N) is 2. The summed E-state index contributed by atoms with van der Waals surface area (Å²) in [6, 6.07) is 7.91. The Morgan fingerprint density at radius 3 is 2.67 bits per heavy atom. The number of non-ortho nitro benzene ring substituents is 1. The second-order valence-corrected chi connectivity index (χ2v) is 4.20. The summed E-state index contributed by atoms with van der Waals surface area (Å²) in [5.74, 6) is -0.0366. The highest BCUT2D eigenvalue weighted by atomic mass is 16.6. The van der Waals surface area contributed by atoms with Crippen LogP contribution in [0.5, 0.6) is 5.75 Å². The number of rotatable bonds is 3. The van der Waals surface area contributed by atoms with Crippen molar-refractivity contribution in [1.29, 1.82) is 0 Å². The van der Waals surface area contributed by atoms with E-state index >= 15 is 0 Å². The van der Waals surface area contributed by atoms with Gasteiger partial charge in [-0.15, -0.1) is 0 Å². The minimum absolute atomic E-state index is 0.0609. The van der Waals surface area contributed by atoms with Crippen LogP contribution in [0.15, 0.2) is 36.4 Å². The van der Waals surface area contributed by atoms with E-state index < -0.39 is 16.7 Å². The fourth-order valence-corrected chi connectivity index (χ4v) is 1.62. The maximum absolute atomic E-state index is 11.8. The average Bonchev–Trinajstić information content (AvgIpc) is 2.40. The van der Waals surface area contributed by atoms with Crippen molar-refractivity contribution < 1.29 is 14.8 Å². The fraction of sp³-hybridized carbons (Fsp3) is 0.0769. The van der Waals surface area contributed by atoms with Gasteiger partial charge in [0.05, 0.1) is 16.7 Å². The quantitative estimate of drug-likeness (QED) is 0.456. The number of carbonyl (C=O) groups excluding carboxylic acids is 1. The van der Waals surface area contributed by atoms with Crippen LogP contribution < -0.4 is 10.6 Å². The van der Waals surface area contributed by atoms with Crippen molar-refractivity contribution in [3.05, 3.63) is 52.2 Å². The number of anilines is 2. The van der Waals surface area contributed by atoms with Gasteiger partial charge in [-0.05, 0) is 25.1 Å². The van der Waals surface area contributed by atoms with E-state index in [-0.39, 0.29) is 11.4 Å². The topological polar surface area (TPSA) is 117 Å². The molecule has 0 fully saturated rings. The normalized spacial score (nSPS) is 9.95. The molecule has 0 saturated heterocycles. The van der Waals surface area contributed by atoms with Crippen LogP contribution in [0.2, 0.25) is 0 Å². The Kier molecular flexibility index (Phi) is 3.98. The molecule has 0 aliphatic heterocycles. The van der Waals surface area contributed by atoms with Gasteiger partial charge in [0.2, 0.25) is 0 Å². The molecule has 8 heteroatoms. The third-order valence-corrected chi connectivity index (χ3v) is 2.57. The number of hydrogen-bond donors (Lipinski definition) is 3. The molecule has 2 amide bonds. The maximum Gasteiger partial charge on any atom is 0.324 e. The molecule has 0 spiro atoms. The Morgan fingerprint density at radius 1 is 1.29 bits per heavy atom. The Morgan fingerprint density at radius 2 is 2.05 bits per heavy atom. The molecule has 21 heavy (non-hydrogen) atoms. The lowest BCUT2D eigenvalue weighted by molar-refractivity contribution is -0.384. The van der Waals surface area contributed by atoms with Crippen LogP contribution in [0, 0.1) is 17.0 Å². The number of carbonyl (C=O) groups is 1. The molecule has 2 rings (SSSR count). The van der Waals surface area contributed by atoms with Crippen molar-refractivity contribution in [1.82, 2.24) is 4.98 Å². The predicted molar refractivity (Wildman–Crippen MR) is 76.4 cm³/mol. The van der Waals surface area contributed by atoms with Crippen LogP contribution in [0.25, 0.3) is 0 Å². The molecule has 0 aliphatic rings. The highest BCUT2D eigenvalue weighted by Gasteiger charge is 2.12. The van der Waals surface area contributed by atoms with Crippen LogP contribution >= 0.6 is 0 Å². The Balaban J connectivity index is 2.08. The molecule has 0 radical (unpaired) electrons. The fourth-order valence-electron chi connectivity index (χ4n) is 1.62. The Bertz CT molecular complexity index is 702. The van der Waals surface area contributed by atoms with Crippen LogP contribution in [0.3, 0.4) is 0 Å². The van der Waals surface area contributed by atoms with Crippen LogP contribution in [0.1, 0.15) is 5.69 Å². The van der Waals surface area contributed by atoms with E-state index in [1.165, 1.54) is 12.1 Å². The van der Waals surface area contributed by atoms with Gasteiger partial charge in [-0.2, -0.15) is 0 Å². The van der Waals surface area contributed by atoms with Crippen molar-refractivity contribution in [2.75, 3.05) is 10.6 Å². The molecule has 0 atom stereocenters. The zero-order chi connectivity index (χ0) is 15.4. The van der Waals surface area contributed by atoms with E-state index in [1.54, 1.807) is 25.1 Å². The monoisotopic (exact) mass is 288 g/mol. The molecule has 0 saturated carbocycles. The number of hydrogen-bond acceptors (Lipinski definition) is 5. The van der Waals surface area contributed by atoms with E-state index in [9.17, 15) is 20.0 Å². The molecule has 0 aliphatic carbocycles. The van der Waals surface area contributed by atoms with E-state index in [0.717, 1.165) is 11.8 Å². The second kappa shape index (κ2) is 5.87. The van der Waals surface area contributed by atoms with E-state index in [0.29, 0.717) is 5.82 Å². The number of urea groups is 1. The lowest BCUT2D eigenvalue weighted by atomic mass is 10.2. The van der Waals surface area contributed by atoms with Gasteiger partial charge in [-0.3, -0.25) is 15.4 Å². The number of nitrogens with zero attached hydrogens (tertiary/aromatic N) is 2. The van der Waals surface area contributed by atoms with Crippen molar-refractivity contribution in [3.8, 4) is 5.75 Å². The third kappa shape index (κ3) is 3.66. The SMILES string of the molecule is Cc1cccc(NC(=O)Nc2ccc([N+](=O)[O-])cc2O)n1. The smallest absolute Gasteiger partial charge is 0.324 e. The van der Waals surface area contributed by atoms with Crippen LogP contribution in [-0.4, -0.2) is 21.0 Å². The van der Waals surface area contributed by atoms with Crippen molar-refractivity contribution in [2.24, 2.45) is 0 Å². The molecule has 0 unspecified atom stereocenters. The molecule has 1 aromatic heterocycles. The molecule has 0 bridgehead atoms. The first kappa shape index (κ1) is 14.3. The summed E-state index contributed by atoms with van der Waals surface area (Å²) in [5.41, 5.74) is 0.538. The number of nitro benzene ring substituents is 1. The van der Waals surface area contributed by atoms with Gasteiger partial charge in [-0.1, -0.05) is 6.07 Å². The van der Waals surface area contributed by atoms with Gasteiger partial charge in [0.1, 0.15) is 11.6 Å². The zero-order valence-corrected chi connectivity index (χ0v) is 11.0. The molecule has 108 valence electrons. The highest BCUT2D eigenvalue weighted by molar-refractivity contribution is 6.00. The molecule has 8 nitrogen and oxygen atoms in total. The van der Waals surface area contributed by atoms with Gasteiger partial charge in [0.25, 0.3) is 5.69 Å². The molecule has 3 N–H and O–H groups in total. The predicted octanol–water partition coefficient (Wildman–Crippen LogP) is 2.65. The number of amides is 2. The molecular weight excluding hydrogens is 276 g/mol. The summed E-state index contributed by atoms with van der Waals surface area (Å²) in [6.07, 6.45) is 0. The van der Waals surface area contributed by atoms with E-state index in [4.69, 9.17) is 0 Å². The van der Waals surface area contributed by atoms with Crippen molar-refractivity contribution in [2.45, 2.75) is 6.92 Å². The standard InChI is InChI=1S/C13H12N4O4/c1-8-3-2-4-12(14-8)16-13(19)15-10-6-5-9(17(20)21)7-11(10)18/h2-7,18H,1H3,(H2,14,15,16,19). The number of aromatic hydroxyl groups is 1. The van der Waals surface area contributed by atoms with Crippen LogP contribution in [-0.2, 0) is 0 Å². The first-order chi connectivity index (χ1) is 9.95. The number of phenols is 1. The number of nitro groups is 1. The summed E-state index contributed by atoms with van der Waals surface area (Å²) < 4.78 is 0. The molecule has 1 heterocycles. The summed E-state index contributed by atoms with van der Waals surface area (Å²) in [6.45, 7) is 1.78. The first-order valence-corrected chi connectivity index (χ1v) is 5.95. The number of aromatic nitrogens is 1. The van der Waals surface area contributed by atoms with Gasteiger partial charge in [0, 0.05) is 11.8 Å². The number of aryl methyl sites for hydroxylation is 1. The number of phenolic OH excluding ortho intramolecular Hbond substituents is 1. The summed E-state index contributed by atoms with van der Waals surface area (Å²) in [4.78, 5) is 25.8. The minimum atomic E-state index is -0.639. The van der Waals surface area contributed by atoms with Gasteiger partial charge in [-0.25, -0.2) is 9.78 Å². The van der Waals surface area contributed by atoms with Crippen LogP contribution in [0.4, 0.5) is 22.0 Å². The summed E-state index contributed by atoms with van der Waals surface area (Å²) >= 11 is 0. The van der Waals surface area contributed by atoms with E-state index in [1.807, 2.05) is 0 Å². The molecule has 1 aromatic carbocycles. The number of pyridine rings is 1. The summed E-state index contributed by atoms with van der Waals surface area (Å²) in [5, 5.41) is 25.1. The lowest BCUT2D eigenvalue weighted by Gasteiger charge is -2.08.